The molecule has 6 heteroatoms. The molecule has 0 radical (unpaired) electrons. The van der Waals surface area contributed by atoms with Crippen LogP contribution in [-0.4, -0.2) is 55.5 Å². The van der Waals surface area contributed by atoms with Gasteiger partial charge < -0.3 is 10.0 Å². The molecule has 0 saturated carbocycles. The summed E-state index contributed by atoms with van der Waals surface area (Å²) < 4.78 is 22.9. The summed E-state index contributed by atoms with van der Waals surface area (Å²) in [6, 6.07) is -0.0353. The van der Waals surface area contributed by atoms with Gasteiger partial charge in [-0.15, -0.1) is 0 Å². The predicted molar refractivity (Wildman–Crippen MR) is 70.3 cm³/mol. The summed E-state index contributed by atoms with van der Waals surface area (Å²) in [7, 11) is -1.09. The Morgan fingerprint density at radius 2 is 1.94 bits per heavy atom. The maximum Gasteiger partial charge on any atom is 0.310 e. The van der Waals surface area contributed by atoms with Crippen LogP contribution in [0.2, 0.25) is 0 Å². The molecule has 0 aromatic carbocycles. The Morgan fingerprint density at radius 3 is 2.28 bits per heavy atom. The fourth-order valence-electron chi connectivity index (χ4n) is 2.57. The summed E-state index contributed by atoms with van der Waals surface area (Å²) in [5, 5.41) is 9.37. The Bertz CT molecular complexity index is 400. The van der Waals surface area contributed by atoms with Gasteiger partial charge in [0.2, 0.25) is 0 Å². The average Bonchev–Trinajstić information content (AvgIpc) is 2.66. The molecule has 0 aromatic heterocycles. The maximum atomic E-state index is 11.4. The number of hydrogen-bond donors (Lipinski definition) is 1. The van der Waals surface area contributed by atoms with Gasteiger partial charge in [-0.05, 0) is 26.3 Å². The van der Waals surface area contributed by atoms with Gasteiger partial charge in [-0.3, -0.25) is 4.79 Å². The van der Waals surface area contributed by atoms with E-state index in [9.17, 15) is 18.3 Å². The topological polar surface area (TPSA) is 74.7 Å². The monoisotopic (exact) mass is 277 g/mol. The molecule has 1 rings (SSSR count). The fraction of sp³-hybridized carbons (Fsp3) is 0.917. The third kappa shape index (κ3) is 3.23. The van der Waals surface area contributed by atoms with Crippen LogP contribution in [0.1, 0.15) is 33.1 Å². The van der Waals surface area contributed by atoms with E-state index in [-0.39, 0.29) is 17.5 Å². The fourth-order valence-corrected chi connectivity index (χ4v) is 4.38. The number of rotatable bonds is 6. The molecule has 1 atom stereocenters. The second-order valence-electron chi connectivity index (χ2n) is 5.26. The van der Waals surface area contributed by atoms with E-state index in [1.807, 2.05) is 25.8 Å². The molecular formula is C12H23NO4S. The van der Waals surface area contributed by atoms with E-state index in [2.05, 4.69) is 0 Å². The van der Waals surface area contributed by atoms with Gasteiger partial charge in [-0.2, -0.15) is 0 Å². The first-order chi connectivity index (χ1) is 8.26. The van der Waals surface area contributed by atoms with E-state index in [0.717, 1.165) is 0 Å². The normalized spacial score (nSPS) is 23.4. The van der Waals surface area contributed by atoms with Gasteiger partial charge in [0.05, 0.1) is 16.9 Å². The second kappa shape index (κ2) is 5.57. The second-order valence-corrected chi connectivity index (χ2v) is 7.49. The minimum atomic E-state index is -2.92. The molecule has 1 aliphatic rings. The summed E-state index contributed by atoms with van der Waals surface area (Å²) in [5.74, 6) is -0.410. The molecule has 0 aliphatic carbocycles. The minimum absolute atomic E-state index is 0.0353. The van der Waals surface area contributed by atoms with Crippen LogP contribution in [-0.2, 0) is 14.6 Å². The highest BCUT2D eigenvalue weighted by Crippen LogP contribution is 2.29. The Balaban J connectivity index is 2.74. The highest BCUT2D eigenvalue weighted by Gasteiger charge is 2.39. The lowest BCUT2D eigenvalue weighted by molar-refractivity contribution is -0.150. The third-order valence-corrected chi connectivity index (χ3v) is 5.94. The van der Waals surface area contributed by atoms with E-state index in [4.69, 9.17) is 0 Å². The summed E-state index contributed by atoms with van der Waals surface area (Å²) in [6.07, 6.45) is 1.73. The molecule has 1 heterocycles. The lowest BCUT2D eigenvalue weighted by atomic mass is 9.81. The van der Waals surface area contributed by atoms with Crippen LogP contribution in [0, 0.1) is 5.41 Å². The molecule has 1 unspecified atom stereocenters. The zero-order valence-corrected chi connectivity index (χ0v) is 12.2. The largest absolute Gasteiger partial charge is 0.481 e. The summed E-state index contributed by atoms with van der Waals surface area (Å²) in [4.78, 5) is 13.3. The van der Waals surface area contributed by atoms with E-state index >= 15 is 0 Å². The Morgan fingerprint density at radius 1 is 1.39 bits per heavy atom. The zero-order chi connectivity index (χ0) is 14.0. The number of carboxylic acid groups (broad SMARTS) is 1. The molecular weight excluding hydrogens is 254 g/mol. The van der Waals surface area contributed by atoms with Crippen LogP contribution < -0.4 is 0 Å². The molecule has 0 spiro atoms. The number of carboxylic acids is 1. The molecule has 106 valence electrons. The number of sulfone groups is 1. The molecule has 1 saturated heterocycles. The highest BCUT2D eigenvalue weighted by atomic mass is 32.2. The van der Waals surface area contributed by atoms with Crippen molar-refractivity contribution in [3.63, 3.8) is 0 Å². The van der Waals surface area contributed by atoms with Crippen molar-refractivity contribution in [2.75, 3.05) is 25.1 Å². The summed E-state index contributed by atoms with van der Waals surface area (Å²) in [6.45, 7) is 4.16. The first-order valence-corrected chi connectivity index (χ1v) is 8.22. The van der Waals surface area contributed by atoms with Crippen molar-refractivity contribution in [1.29, 1.82) is 0 Å². The number of hydrogen-bond acceptors (Lipinski definition) is 4. The smallest absolute Gasteiger partial charge is 0.310 e. The van der Waals surface area contributed by atoms with Crippen LogP contribution in [0.4, 0.5) is 0 Å². The third-order valence-electron chi connectivity index (χ3n) is 4.19. The number of carbonyl (C=O) groups is 1. The molecule has 1 aliphatic heterocycles. The summed E-state index contributed by atoms with van der Waals surface area (Å²) in [5.41, 5.74) is -0.763. The van der Waals surface area contributed by atoms with E-state index in [1.165, 1.54) is 0 Å². The zero-order valence-electron chi connectivity index (χ0n) is 11.3. The Kier molecular flexibility index (Phi) is 4.78. The molecule has 0 amide bonds. The van der Waals surface area contributed by atoms with Crippen LogP contribution in [0.3, 0.4) is 0 Å². The van der Waals surface area contributed by atoms with Crippen molar-refractivity contribution in [3.8, 4) is 0 Å². The predicted octanol–water partition coefficient (Wildman–Crippen LogP) is 0.996. The van der Waals surface area contributed by atoms with Crippen molar-refractivity contribution in [2.24, 2.45) is 5.41 Å². The molecule has 1 N–H and O–H groups in total. The Hall–Kier alpha value is -0.620. The van der Waals surface area contributed by atoms with Crippen molar-refractivity contribution in [2.45, 2.75) is 39.2 Å². The lowest BCUT2D eigenvalue weighted by Gasteiger charge is -2.34. The quantitative estimate of drug-likeness (QED) is 0.784. The van der Waals surface area contributed by atoms with Gasteiger partial charge >= 0.3 is 5.97 Å². The molecule has 18 heavy (non-hydrogen) atoms. The first kappa shape index (κ1) is 15.4. The molecule has 0 aromatic rings. The van der Waals surface area contributed by atoms with Crippen LogP contribution in [0.15, 0.2) is 0 Å². The van der Waals surface area contributed by atoms with Gasteiger partial charge in [0.1, 0.15) is 0 Å². The highest BCUT2D eigenvalue weighted by molar-refractivity contribution is 7.91. The van der Waals surface area contributed by atoms with Gasteiger partial charge in [-0.25, -0.2) is 8.42 Å². The van der Waals surface area contributed by atoms with E-state index in [0.29, 0.717) is 25.8 Å². The number of aliphatic carboxylic acids is 1. The first-order valence-electron chi connectivity index (χ1n) is 6.40. The van der Waals surface area contributed by atoms with Crippen molar-refractivity contribution in [1.82, 2.24) is 4.90 Å². The SMILES string of the molecule is CCC(CC)(CN(C)C1CCS(=O)(=O)C1)C(=O)O. The average molecular weight is 277 g/mol. The van der Waals surface area contributed by atoms with Crippen molar-refractivity contribution >= 4 is 15.8 Å². The van der Waals surface area contributed by atoms with Crippen LogP contribution >= 0.6 is 0 Å². The summed E-state index contributed by atoms with van der Waals surface area (Å²) >= 11 is 0. The minimum Gasteiger partial charge on any atom is -0.481 e. The van der Waals surface area contributed by atoms with Crippen molar-refractivity contribution in [3.05, 3.63) is 0 Å². The van der Waals surface area contributed by atoms with Gasteiger partial charge in [-0.1, -0.05) is 13.8 Å². The standard InChI is InChI=1S/C12H23NO4S/c1-4-12(5-2,11(14)15)9-13(3)10-6-7-18(16,17)8-10/h10H,4-9H2,1-3H3,(H,14,15). The maximum absolute atomic E-state index is 11.4. The molecule has 0 bridgehead atoms. The van der Waals surface area contributed by atoms with Gasteiger partial charge in [0, 0.05) is 12.6 Å². The van der Waals surface area contributed by atoms with Crippen LogP contribution in [0.5, 0.6) is 0 Å². The van der Waals surface area contributed by atoms with Gasteiger partial charge in [0.15, 0.2) is 9.84 Å². The van der Waals surface area contributed by atoms with Crippen molar-refractivity contribution < 1.29 is 18.3 Å². The van der Waals surface area contributed by atoms with Gasteiger partial charge in [0.25, 0.3) is 0 Å². The molecule has 1 fully saturated rings. The lowest BCUT2D eigenvalue weighted by Crippen LogP contribution is -2.45. The molecule has 5 nitrogen and oxygen atoms in total. The number of nitrogens with zero attached hydrogens (tertiary/aromatic N) is 1. The van der Waals surface area contributed by atoms with E-state index < -0.39 is 21.2 Å². The van der Waals surface area contributed by atoms with Crippen LogP contribution in [0.25, 0.3) is 0 Å². The Labute approximate surface area is 109 Å². The van der Waals surface area contributed by atoms with E-state index in [1.54, 1.807) is 0 Å².